The van der Waals surface area contributed by atoms with Gasteiger partial charge in [0.05, 0.1) is 12.0 Å². The highest BCUT2D eigenvalue weighted by Gasteiger charge is 2.27. The first-order valence-corrected chi connectivity index (χ1v) is 10.9. The Hall–Kier alpha value is -2.13. The molecule has 2 atom stereocenters. The van der Waals surface area contributed by atoms with Gasteiger partial charge in [0.25, 0.3) is 5.91 Å². The largest absolute Gasteiger partial charge is 0.497 e. The summed E-state index contributed by atoms with van der Waals surface area (Å²) in [7, 11) is -2.44. The van der Waals surface area contributed by atoms with E-state index in [4.69, 9.17) is 9.47 Å². The maximum Gasteiger partial charge on any atom is 0.324 e. The van der Waals surface area contributed by atoms with Crippen molar-refractivity contribution in [3.05, 3.63) is 24.3 Å². The summed E-state index contributed by atoms with van der Waals surface area (Å²) in [6.07, 6.45) is 4.16. The Balaban J connectivity index is 1.88. The van der Waals surface area contributed by atoms with Crippen LogP contribution in [0.5, 0.6) is 5.75 Å². The molecule has 2 unspecified atom stereocenters. The maximum absolute atomic E-state index is 12.4. The van der Waals surface area contributed by atoms with Gasteiger partial charge in [-0.3, -0.25) is 9.59 Å². The summed E-state index contributed by atoms with van der Waals surface area (Å²) in [6.45, 7) is 2.84. The van der Waals surface area contributed by atoms with Crippen LogP contribution >= 0.6 is 0 Å². The van der Waals surface area contributed by atoms with E-state index in [0.29, 0.717) is 5.75 Å². The fourth-order valence-corrected chi connectivity index (χ4v) is 4.19. The molecule has 1 fully saturated rings. The number of ether oxygens (including phenoxy) is 2. The summed E-state index contributed by atoms with van der Waals surface area (Å²) >= 11 is 0. The van der Waals surface area contributed by atoms with Crippen LogP contribution in [0.15, 0.2) is 29.2 Å². The Morgan fingerprint density at radius 1 is 1.07 bits per heavy atom. The lowest BCUT2D eigenvalue weighted by Crippen LogP contribution is -2.46. The van der Waals surface area contributed by atoms with E-state index in [1.807, 2.05) is 0 Å². The zero-order valence-electron chi connectivity index (χ0n) is 16.4. The number of rotatable bonds is 8. The molecule has 0 saturated heterocycles. The van der Waals surface area contributed by atoms with Crippen molar-refractivity contribution >= 4 is 21.9 Å². The van der Waals surface area contributed by atoms with Gasteiger partial charge in [-0.25, -0.2) is 8.42 Å². The number of hydrogen-bond donors (Lipinski definition) is 2. The molecule has 9 heteroatoms. The van der Waals surface area contributed by atoms with E-state index in [-0.39, 0.29) is 16.8 Å². The predicted molar refractivity (Wildman–Crippen MR) is 103 cm³/mol. The molecule has 0 aliphatic heterocycles. The third-order valence-corrected chi connectivity index (χ3v) is 6.23. The Labute approximate surface area is 166 Å². The summed E-state index contributed by atoms with van der Waals surface area (Å²) in [6, 6.07) is 4.73. The molecule has 2 N–H and O–H groups in total. The minimum absolute atomic E-state index is 0.00367. The number of amides is 1. The van der Waals surface area contributed by atoms with Crippen molar-refractivity contribution in [1.82, 2.24) is 10.0 Å². The van der Waals surface area contributed by atoms with E-state index < -0.39 is 28.1 Å². The van der Waals surface area contributed by atoms with Gasteiger partial charge >= 0.3 is 5.97 Å². The number of sulfonamides is 1. The van der Waals surface area contributed by atoms with Gasteiger partial charge in [0, 0.05) is 6.04 Å². The second kappa shape index (κ2) is 9.88. The van der Waals surface area contributed by atoms with E-state index in [1.54, 1.807) is 0 Å². The number of hydrogen-bond acceptors (Lipinski definition) is 6. The van der Waals surface area contributed by atoms with Crippen LogP contribution in [0.3, 0.4) is 0 Å². The minimum Gasteiger partial charge on any atom is -0.497 e. The molecule has 1 amide bonds. The molecule has 0 bridgehead atoms. The van der Waals surface area contributed by atoms with Crippen LogP contribution < -0.4 is 14.8 Å². The molecule has 1 aromatic rings. The highest BCUT2D eigenvalue weighted by Crippen LogP contribution is 2.18. The molecule has 28 heavy (non-hydrogen) atoms. The van der Waals surface area contributed by atoms with Crippen molar-refractivity contribution in [3.8, 4) is 5.75 Å². The van der Waals surface area contributed by atoms with Crippen LogP contribution in [0.25, 0.3) is 0 Å². The Morgan fingerprint density at radius 2 is 1.68 bits per heavy atom. The standard InChI is InChI=1S/C19H28N2O6S/c1-13(21-28(24,25)17-11-9-16(26-3)10-12-17)19(23)27-14(2)18(22)20-15-7-5-4-6-8-15/h9-15,21H,4-8H2,1-3H3,(H,20,22). The van der Waals surface area contributed by atoms with E-state index >= 15 is 0 Å². The number of carbonyl (C=O) groups is 2. The SMILES string of the molecule is COc1ccc(S(=O)(=O)NC(C)C(=O)OC(C)C(=O)NC2CCCCC2)cc1. The monoisotopic (exact) mass is 412 g/mol. The average Bonchev–Trinajstić information content (AvgIpc) is 2.68. The molecule has 1 aromatic carbocycles. The predicted octanol–water partition coefficient (Wildman–Crippen LogP) is 1.74. The molecule has 1 aliphatic carbocycles. The number of carbonyl (C=O) groups excluding carboxylic acids is 2. The van der Waals surface area contributed by atoms with Crippen LogP contribution in [0.4, 0.5) is 0 Å². The Morgan fingerprint density at radius 3 is 2.25 bits per heavy atom. The van der Waals surface area contributed by atoms with Crippen molar-refractivity contribution in [2.45, 2.75) is 69.0 Å². The maximum atomic E-state index is 12.4. The molecule has 2 rings (SSSR count). The number of methoxy groups -OCH3 is 1. The molecule has 8 nitrogen and oxygen atoms in total. The van der Waals surface area contributed by atoms with Crippen LogP contribution in [-0.2, 0) is 24.3 Å². The van der Waals surface area contributed by atoms with Crippen molar-refractivity contribution in [2.24, 2.45) is 0 Å². The lowest BCUT2D eigenvalue weighted by atomic mass is 9.95. The van der Waals surface area contributed by atoms with Crippen molar-refractivity contribution in [3.63, 3.8) is 0 Å². The van der Waals surface area contributed by atoms with Crippen LogP contribution in [-0.4, -0.2) is 45.6 Å². The molecule has 0 radical (unpaired) electrons. The number of nitrogens with one attached hydrogen (secondary N) is 2. The fraction of sp³-hybridized carbons (Fsp3) is 0.579. The summed E-state index contributed by atoms with van der Waals surface area (Å²) in [5.41, 5.74) is 0. The van der Waals surface area contributed by atoms with Crippen LogP contribution in [0, 0.1) is 0 Å². The molecule has 0 spiro atoms. The Bertz CT molecular complexity index is 772. The van der Waals surface area contributed by atoms with Crippen LogP contribution in [0.2, 0.25) is 0 Å². The van der Waals surface area contributed by atoms with Gasteiger partial charge in [-0.15, -0.1) is 0 Å². The van der Waals surface area contributed by atoms with E-state index in [0.717, 1.165) is 25.7 Å². The van der Waals surface area contributed by atoms with Gasteiger partial charge in [0.15, 0.2) is 6.10 Å². The van der Waals surface area contributed by atoms with Crippen LogP contribution in [0.1, 0.15) is 46.0 Å². The topological polar surface area (TPSA) is 111 Å². The van der Waals surface area contributed by atoms with Gasteiger partial charge in [0.2, 0.25) is 10.0 Å². The second-order valence-electron chi connectivity index (χ2n) is 6.94. The van der Waals surface area contributed by atoms with Gasteiger partial charge < -0.3 is 14.8 Å². The average molecular weight is 413 g/mol. The zero-order chi connectivity index (χ0) is 20.7. The summed E-state index contributed by atoms with van der Waals surface area (Å²) in [5.74, 6) is -0.668. The summed E-state index contributed by atoms with van der Waals surface area (Å²) in [4.78, 5) is 24.4. The van der Waals surface area contributed by atoms with Crippen molar-refractivity contribution in [2.75, 3.05) is 7.11 Å². The third-order valence-electron chi connectivity index (χ3n) is 4.67. The van der Waals surface area contributed by atoms with Gasteiger partial charge in [-0.2, -0.15) is 4.72 Å². The molecule has 1 aliphatic rings. The molecule has 1 saturated carbocycles. The highest BCUT2D eigenvalue weighted by molar-refractivity contribution is 7.89. The minimum atomic E-state index is -3.92. The molecule has 156 valence electrons. The third kappa shape index (κ3) is 6.20. The summed E-state index contributed by atoms with van der Waals surface area (Å²) < 4.78 is 37.2. The number of benzene rings is 1. The van der Waals surface area contributed by atoms with E-state index in [1.165, 1.54) is 51.6 Å². The normalized spacial score (nSPS) is 17.4. The quantitative estimate of drug-likeness (QED) is 0.629. The molecule has 0 aromatic heterocycles. The van der Waals surface area contributed by atoms with E-state index in [9.17, 15) is 18.0 Å². The first kappa shape index (κ1) is 22.2. The smallest absolute Gasteiger partial charge is 0.324 e. The van der Waals surface area contributed by atoms with Gasteiger partial charge in [-0.1, -0.05) is 19.3 Å². The fourth-order valence-electron chi connectivity index (χ4n) is 3.00. The number of esters is 1. The molecular formula is C19H28N2O6S. The first-order chi connectivity index (χ1) is 13.2. The second-order valence-corrected chi connectivity index (χ2v) is 8.66. The van der Waals surface area contributed by atoms with Crippen molar-refractivity contribution < 1.29 is 27.5 Å². The van der Waals surface area contributed by atoms with Crippen molar-refractivity contribution in [1.29, 1.82) is 0 Å². The first-order valence-electron chi connectivity index (χ1n) is 9.40. The Kier molecular flexibility index (Phi) is 7.82. The molecule has 0 heterocycles. The van der Waals surface area contributed by atoms with Gasteiger partial charge in [0.1, 0.15) is 11.8 Å². The lowest BCUT2D eigenvalue weighted by Gasteiger charge is -2.24. The highest BCUT2D eigenvalue weighted by atomic mass is 32.2. The van der Waals surface area contributed by atoms with E-state index in [2.05, 4.69) is 10.0 Å². The zero-order valence-corrected chi connectivity index (χ0v) is 17.3. The summed E-state index contributed by atoms with van der Waals surface area (Å²) in [5, 5.41) is 2.88. The molecular weight excluding hydrogens is 384 g/mol. The van der Waals surface area contributed by atoms with Gasteiger partial charge in [-0.05, 0) is 51.0 Å². The lowest BCUT2D eigenvalue weighted by molar-refractivity contribution is -0.156.